The molecule has 0 spiro atoms. The molecule has 0 bridgehead atoms. The van der Waals surface area contributed by atoms with E-state index in [1.54, 1.807) is 31.2 Å². The van der Waals surface area contributed by atoms with Crippen LogP contribution in [0.1, 0.15) is 21.5 Å². The van der Waals surface area contributed by atoms with E-state index in [4.69, 9.17) is 0 Å². The van der Waals surface area contributed by atoms with Crippen molar-refractivity contribution in [3.05, 3.63) is 69.3 Å². The van der Waals surface area contributed by atoms with Gasteiger partial charge in [-0.05, 0) is 31.2 Å². The van der Waals surface area contributed by atoms with Gasteiger partial charge in [0.1, 0.15) is 5.69 Å². The molecule has 11 heteroatoms. The molecule has 2 aromatic carbocycles. The highest BCUT2D eigenvalue weighted by atomic mass is 19.4. The molecule has 0 radical (unpaired) electrons. The standard InChI is InChI=1S/C17H15F3N4O4/c1-10-3-2-4-11(7-10)16(26)21-9-15(25)23-22-13-6-5-12(17(18,19)20)8-14(13)24(27)28/h2-8,22H,9H2,1H3,(H,21,26)(H,23,25). The molecule has 0 saturated carbocycles. The van der Waals surface area contributed by atoms with Gasteiger partial charge in [0.2, 0.25) is 0 Å². The number of carbonyl (C=O) groups is 2. The third-order valence-electron chi connectivity index (χ3n) is 3.55. The van der Waals surface area contributed by atoms with Crippen LogP contribution in [0.3, 0.4) is 0 Å². The van der Waals surface area contributed by atoms with E-state index < -0.39 is 40.7 Å². The Balaban J connectivity index is 1.97. The van der Waals surface area contributed by atoms with Crippen molar-refractivity contribution in [3.8, 4) is 0 Å². The number of carbonyl (C=O) groups excluding carboxylic acids is 2. The molecule has 0 heterocycles. The molecule has 28 heavy (non-hydrogen) atoms. The number of nitrogens with zero attached hydrogens (tertiary/aromatic N) is 1. The molecule has 8 nitrogen and oxygen atoms in total. The fourth-order valence-electron chi connectivity index (χ4n) is 2.19. The van der Waals surface area contributed by atoms with E-state index in [1.165, 1.54) is 0 Å². The van der Waals surface area contributed by atoms with Crippen molar-refractivity contribution in [3.63, 3.8) is 0 Å². The Morgan fingerprint density at radius 2 is 1.86 bits per heavy atom. The van der Waals surface area contributed by atoms with Gasteiger partial charge in [-0.3, -0.25) is 30.6 Å². The van der Waals surface area contributed by atoms with Crippen molar-refractivity contribution >= 4 is 23.2 Å². The van der Waals surface area contributed by atoms with Crippen LogP contribution in [0.4, 0.5) is 24.5 Å². The van der Waals surface area contributed by atoms with Crippen molar-refractivity contribution in [2.24, 2.45) is 0 Å². The second-order valence-corrected chi connectivity index (χ2v) is 5.71. The quantitative estimate of drug-likeness (QED) is 0.513. The number of anilines is 1. The van der Waals surface area contributed by atoms with Gasteiger partial charge in [-0.2, -0.15) is 13.2 Å². The van der Waals surface area contributed by atoms with Crippen molar-refractivity contribution in [2.45, 2.75) is 13.1 Å². The first-order valence-electron chi connectivity index (χ1n) is 7.83. The van der Waals surface area contributed by atoms with Gasteiger partial charge in [-0.25, -0.2) is 0 Å². The molecule has 0 saturated heterocycles. The van der Waals surface area contributed by atoms with Gasteiger partial charge in [0, 0.05) is 11.6 Å². The molecule has 0 aliphatic heterocycles. The summed E-state index contributed by atoms with van der Waals surface area (Å²) in [5, 5.41) is 13.3. The van der Waals surface area contributed by atoms with Crippen molar-refractivity contribution in [1.82, 2.24) is 10.7 Å². The van der Waals surface area contributed by atoms with E-state index in [-0.39, 0.29) is 5.69 Å². The fraction of sp³-hybridized carbons (Fsp3) is 0.176. The lowest BCUT2D eigenvalue weighted by Crippen LogP contribution is -2.39. The Kier molecular flexibility index (Phi) is 6.18. The van der Waals surface area contributed by atoms with Crippen molar-refractivity contribution in [1.29, 1.82) is 0 Å². The summed E-state index contributed by atoms with van der Waals surface area (Å²) in [6.45, 7) is 1.35. The molecule has 0 unspecified atom stereocenters. The molecule has 0 fully saturated rings. The Bertz CT molecular complexity index is 916. The van der Waals surface area contributed by atoms with Gasteiger partial charge in [-0.1, -0.05) is 17.7 Å². The normalized spacial score (nSPS) is 10.9. The summed E-state index contributed by atoms with van der Waals surface area (Å²) in [4.78, 5) is 33.7. The zero-order valence-electron chi connectivity index (χ0n) is 14.5. The van der Waals surface area contributed by atoms with Crippen LogP contribution in [0.5, 0.6) is 0 Å². The van der Waals surface area contributed by atoms with Crippen LogP contribution in [-0.2, 0) is 11.0 Å². The second kappa shape index (κ2) is 8.37. The van der Waals surface area contributed by atoms with Crippen LogP contribution in [0.25, 0.3) is 0 Å². The molecule has 0 atom stereocenters. The van der Waals surface area contributed by atoms with E-state index in [0.29, 0.717) is 17.7 Å². The zero-order chi connectivity index (χ0) is 20.9. The molecular formula is C17H15F3N4O4. The maximum absolute atomic E-state index is 12.7. The zero-order valence-corrected chi connectivity index (χ0v) is 14.5. The summed E-state index contributed by atoms with van der Waals surface area (Å²) in [6, 6.07) is 8.47. The molecule has 2 rings (SSSR count). The number of hydrogen-bond donors (Lipinski definition) is 3. The minimum absolute atomic E-state index is 0.337. The Labute approximate surface area is 156 Å². The van der Waals surface area contributed by atoms with Crippen LogP contribution < -0.4 is 16.2 Å². The highest BCUT2D eigenvalue weighted by molar-refractivity contribution is 5.96. The maximum Gasteiger partial charge on any atom is 0.416 e. The fourth-order valence-corrected chi connectivity index (χ4v) is 2.19. The number of rotatable bonds is 6. The summed E-state index contributed by atoms with van der Waals surface area (Å²) >= 11 is 0. The van der Waals surface area contributed by atoms with Gasteiger partial charge in [-0.15, -0.1) is 0 Å². The number of nitro benzene ring substituents is 1. The van der Waals surface area contributed by atoms with Gasteiger partial charge in [0.15, 0.2) is 0 Å². The second-order valence-electron chi connectivity index (χ2n) is 5.71. The third-order valence-corrected chi connectivity index (χ3v) is 3.55. The molecule has 0 aromatic heterocycles. The molecule has 2 aromatic rings. The average molecular weight is 396 g/mol. The van der Waals surface area contributed by atoms with Crippen LogP contribution in [0, 0.1) is 17.0 Å². The van der Waals surface area contributed by atoms with E-state index in [2.05, 4.69) is 16.2 Å². The van der Waals surface area contributed by atoms with Gasteiger partial charge in [0.25, 0.3) is 17.5 Å². The first kappa shape index (κ1) is 20.7. The lowest BCUT2D eigenvalue weighted by molar-refractivity contribution is -0.384. The van der Waals surface area contributed by atoms with Crippen LogP contribution in [0.2, 0.25) is 0 Å². The predicted molar refractivity (Wildman–Crippen MR) is 93.4 cm³/mol. The highest BCUT2D eigenvalue weighted by Gasteiger charge is 2.33. The SMILES string of the molecule is Cc1cccc(C(=O)NCC(=O)NNc2ccc(C(F)(F)F)cc2[N+](=O)[O-])c1. The Hall–Kier alpha value is -3.63. The molecule has 2 amide bonds. The van der Waals surface area contributed by atoms with Crippen molar-refractivity contribution < 1.29 is 27.7 Å². The number of hydrogen-bond acceptors (Lipinski definition) is 5. The van der Waals surface area contributed by atoms with Crippen molar-refractivity contribution in [2.75, 3.05) is 12.0 Å². The number of hydrazine groups is 1. The average Bonchev–Trinajstić information content (AvgIpc) is 2.63. The van der Waals surface area contributed by atoms with E-state index in [9.17, 15) is 32.9 Å². The number of halogens is 3. The van der Waals surface area contributed by atoms with E-state index in [0.717, 1.165) is 11.6 Å². The number of benzene rings is 2. The lowest BCUT2D eigenvalue weighted by atomic mass is 10.1. The largest absolute Gasteiger partial charge is 0.416 e. The third kappa shape index (κ3) is 5.43. The van der Waals surface area contributed by atoms with Crippen LogP contribution >= 0.6 is 0 Å². The monoisotopic (exact) mass is 396 g/mol. The number of nitro groups is 1. The molecule has 148 valence electrons. The summed E-state index contributed by atoms with van der Waals surface area (Å²) in [7, 11) is 0. The summed E-state index contributed by atoms with van der Waals surface area (Å²) in [6.07, 6.45) is -4.74. The number of alkyl halides is 3. The van der Waals surface area contributed by atoms with Crippen LogP contribution in [0.15, 0.2) is 42.5 Å². The maximum atomic E-state index is 12.7. The number of aryl methyl sites for hydroxylation is 1. The van der Waals surface area contributed by atoms with Gasteiger partial charge < -0.3 is 5.32 Å². The number of nitrogens with one attached hydrogen (secondary N) is 3. The summed E-state index contributed by atoms with van der Waals surface area (Å²) in [5.74, 6) is -1.26. The van der Waals surface area contributed by atoms with Crippen LogP contribution in [-0.4, -0.2) is 23.3 Å². The van der Waals surface area contributed by atoms with Gasteiger partial charge in [0.05, 0.1) is 17.0 Å². The smallest absolute Gasteiger partial charge is 0.343 e. The predicted octanol–water partition coefficient (Wildman–Crippen LogP) is 2.80. The minimum Gasteiger partial charge on any atom is -0.343 e. The highest BCUT2D eigenvalue weighted by Crippen LogP contribution is 2.34. The topological polar surface area (TPSA) is 113 Å². The Morgan fingerprint density at radius 3 is 2.46 bits per heavy atom. The van der Waals surface area contributed by atoms with E-state index >= 15 is 0 Å². The molecule has 0 aliphatic carbocycles. The summed E-state index contributed by atoms with van der Waals surface area (Å²) < 4.78 is 38.0. The number of amides is 2. The molecule has 3 N–H and O–H groups in total. The lowest BCUT2D eigenvalue weighted by Gasteiger charge is -2.12. The molecule has 0 aliphatic rings. The summed E-state index contributed by atoms with van der Waals surface area (Å²) in [5.41, 5.74) is 3.08. The van der Waals surface area contributed by atoms with E-state index in [1.807, 2.05) is 0 Å². The van der Waals surface area contributed by atoms with Gasteiger partial charge >= 0.3 is 6.18 Å². The first-order valence-corrected chi connectivity index (χ1v) is 7.83. The first-order chi connectivity index (χ1) is 13.1. The minimum atomic E-state index is -4.74. The Morgan fingerprint density at radius 1 is 1.14 bits per heavy atom. The molecular weight excluding hydrogens is 381 g/mol.